The van der Waals surface area contributed by atoms with Gasteiger partial charge in [0.25, 0.3) is 0 Å². The minimum absolute atomic E-state index is 0.0289. The van der Waals surface area contributed by atoms with Crippen LogP contribution < -0.4 is 16.0 Å². The Bertz CT molecular complexity index is 685. The molecular formula is C23H36N4O3. The number of piperidine rings is 1. The van der Waals surface area contributed by atoms with Gasteiger partial charge in [-0.2, -0.15) is 0 Å². The van der Waals surface area contributed by atoms with Gasteiger partial charge in [-0.15, -0.1) is 0 Å². The maximum absolute atomic E-state index is 12.5. The van der Waals surface area contributed by atoms with Gasteiger partial charge in [-0.1, -0.05) is 29.8 Å². The lowest BCUT2D eigenvalue weighted by Crippen LogP contribution is -2.57. The number of ether oxygens (including phenoxy) is 2. The topological polar surface area (TPSA) is 74.9 Å². The molecule has 1 aromatic carbocycles. The number of carbonyl (C=O) groups excluding carboxylic acids is 1. The van der Waals surface area contributed by atoms with E-state index in [0.717, 1.165) is 65.2 Å². The number of amides is 2. The van der Waals surface area contributed by atoms with E-state index in [2.05, 4.69) is 52.0 Å². The highest BCUT2D eigenvalue weighted by Crippen LogP contribution is 2.36. The van der Waals surface area contributed by atoms with Gasteiger partial charge in [-0.05, 0) is 37.2 Å². The van der Waals surface area contributed by atoms with Crippen molar-refractivity contribution >= 4 is 6.03 Å². The van der Waals surface area contributed by atoms with Gasteiger partial charge in [-0.25, -0.2) is 4.79 Å². The van der Waals surface area contributed by atoms with Crippen LogP contribution in [0.4, 0.5) is 4.79 Å². The van der Waals surface area contributed by atoms with Crippen LogP contribution in [-0.2, 0) is 16.0 Å². The number of morpholine rings is 1. The molecule has 0 aliphatic carbocycles. The van der Waals surface area contributed by atoms with E-state index in [1.165, 1.54) is 11.1 Å². The van der Waals surface area contributed by atoms with Gasteiger partial charge in [0.05, 0.1) is 12.7 Å². The van der Waals surface area contributed by atoms with Gasteiger partial charge >= 0.3 is 6.03 Å². The molecule has 3 aliphatic heterocycles. The van der Waals surface area contributed by atoms with Crippen LogP contribution in [-0.4, -0.2) is 75.6 Å². The summed E-state index contributed by atoms with van der Waals surface area (Å²) < 4.78 is 11.4. The second-order valence-corrected chi connectivity index (χ2v) is 9.21. The molecule has 30 heavy (non-hydrogen) atoms. The molecule has 1 aromatic rings. The Kier molecular flexibility index (Phi) is 7.25. The molecule has 7 nitrogen and oxygen atoms in total. The minimum atomic E-state index is -0.0924. The zero-order valence-electron chi connectivity index (χ0n) is 18.1. The molecule has 3 aliphatic rings. The monoisotopic (exact) mass is 416 g/mol. The SMILES string of the molecule is Cc1ccc(CN2CCOC(CNC(=O)NC3CNCC4(CCOCC4)C3)C2)cc1. The Morgan fingerprint density at radius 1 is 1.23 bits per heavy atom. The summed E-state index contributed by atoms with van der Waals surface area (Å²) in [7, 11) is 0. The molecule has 2 amide bonds. The van der Waals surface area contributed by atoms with Gasteiger partial charge in [0.1, 0.15) is 0 Å². The van der Waals surface area contributed by atoms with Crippen molar-refractivity contribution in [2.24, 2.45) is 5.41 Å². The molecule has 7 heteroatoms. The van der Waals surface area contributed by atoms with Gasteiger partial charge in [0.2, 0.25) is 0 Å². The largest absolute Gasteiger partial charge is 0.381 e. The summed E-state index contributed by atoms with van der Waals surface area (Å²) in [5.41, 5.74) is 2.88. The molecule has 1 spiro atoms. The van der Waals surface area contributed by atoms with E-state index in [9.17, 15) is 4.79 Å². The zero-order valence-corrected chi connectivity index (χ0v) is 18.1. The Morgan fingerprint density at radius 2 is 2.03 bits per heavy atom. The molecular weight excluding hydrogens is 380 g/mol. The highest BCUT2D eigenvalue weighted by Gasteiger charge is 2.38. The first kappa shape index (κ1) is 21.6. The van der Waals surface area contributed by atoms with E-state index in [4.69, 9.17) is 9.47 Å². The lowest BCUT2D eigenvalue weighted by Gasteiger charge is -2.44. The summed E-state index contributed by atoms with van der Waals surface area (Å²) in [6.45, 7) is 9.56. The third-order valence-electron chi connectivity index (χ3n) is 6.70. The van der Waals surface area contributed by atoms with Crippen molar-refractivity contribution in [1.82, 2.24) is 20.9 Å². The van der Waals surface area contributed by atoms with Crippen LogP contribution in [0.15, 0.2) is 24.3 Å². The van der Waals surface area contributed by atoms with E-state index in [1.807, 2.05) is 0 Å². The minimum Gasteiger partial charge on any atom is -0.381 e. The maximum atomic E-state index is 12.5. The van der Waals surface area contributed by atoms with Crippen molar-refractivity contribution in [3.05, 3.63) is 35.4 Å². The summed E-state index contributed by atoms with van der Waals surface area (Å²) in [5.74, 6) is 0. The first-order valence-electron chi connectivity index (χ1n) is 11.3. The number of benzene rings is 1. The smallest absolute Gasteiger partial charge is 0.315 e. The van der Waals surface area contributed by atoms with Crippen molar-refractivity contribution in [3.8, 4) is 0 Å². The van der Waals surface area contributed by atoms with Gasteiger partial charge in [-0.3, -0.25) is 4.90 Å². The first-order chi connectivity index (χ1) is 14.6. The Balaban J connectivity index is 1.19. The zero-order chi connectivity index (χ0) is 20.8. The van der Waals surface area contributed by atoms with Crippen LogP contribution >= 0.6 is 0 Å². The molecule has 0 saturated carbocycles. The number of urea groups is 1. The molecule has 3 saturated heterocycles. The standard InChI is InChI=1S/C23H36N4O3/c1-18-2-4-19(5-3-18)15-27-8-11-30-21(16-27)14-25-22(28)26-20-12-23(17-24-13-20)6-9-29-10-7-23/h2-5,20-21,24H,6-17H2,1H3,(H2,25,26,28). The second kappa shape index (κ2) is 10.1. The normalized spacial score (nSPS) is 27.0. The molecule has 166 valence electrons. The number of nitrogens with zero attached hydrogens (tertiary/aromatic N) is 1. The van der Waals surface area contributed by atoms with E-state index in [1.54, 1.807) is 0 Å². The highest BCUT2D eigenvalue weighted by atomic mass is 16.5. The molecule has 3 N–H and O–H groups in total. The number of aryl methyl sites for hydroxylation is 1. The maximum Gasteiger partial charge on any atom is 0.315 e. The fourth-order valence-corrected chi connectivity index (χ4v) is 4.91. The molecule has 2 atom stereocenters. The number of carbonyl (C=O) groups is 1. The highest BCUT2D eigenvalue weighted by molar-refractivity contribution is 5.74. The van der Waals surface area contributed by atoms with Crippen molar-refractivity contribution in [3.63, 3.8) is 0 Å². The third-order valence-corrected chi connectivity index (χ3v) is 6.70. The molecule has 3 heterocycles. The number of rotatable bonds is 5. The molecule has 0 aromatic heterocycles. The second-order valence-electron chi connectivity index (χ2n) is 9.21. The lowest BCUT2D eigenvalue weighted by molar-refractivity contribution is -0.0288. The molecule has 4 rings (SSSR count). The lowest BCUT2D eigenvalue weighted by atomic mass is 9.73. The van der Waals surface area contributed by atoms with Crippen LogP contribution in [0, 0.1) is 12.3 Å². The Labute approximate surface area is 179 Å². The molecule has 3 fully saturated rings. The Hall–Kier alpha value is -1.67. The first-order valence-corrected chi connectivity index (χ1v) is 11.3. The predicted octanol–water partition coefficient (Wildman–Crippen LogP) is 1.65. The number of hydrogen-bond acceptors (Lipinski definition) is 5. The van der Waals surface area contributed by atoms with Crippen molar-refractivity contribution in [2.75, 3.05) is 52.5 Å². The van der Waals surface area contributed by atoms with Crippen LogP contribution in [0.1, 0.15) is 30.4 Å². The van der Waals surface area contributed by atoms with E-state index in [0.29, 0.717) is 13.2 Å². The summed E-state index contributed by atoms with van der Waals surface area (Å²) in [5, 5.41) is 9.70. The predicted molar refractivity (Wildman–Crippen MR) is 116 cm³/mol. The average Bonchev–Trinajstić information content (AvgIpc) is 2.75. The van der Waals surface area contributed by atoms with Crippen LogP contribution in [0.2, 0.25) is 0 Å². The van der Waals surface area contributed by atoms with E-state index in [-0.39, 0.29) is 23.6 Å². The van der Waals surface area contributed by atoms with Crippen molar-refractivity contribution in [2.45, 2.75) is 44.9 Å². The quantitative estimate of drug-likeness (QED) is 0.681. The van der Waals surface area contributed by atoms with Gasteiger partial charge in [0.15, 0.2) is 0 Å². The van der Waals surface area contributed by atoms with Crippen LogP contribution in [0.25, 0.3) is 0 Å². The van der Waals surface area contributed by atoms with E-state index < -0.39 is 0 Å². The van der Waals surface area contributed by atoms with Crippen LogP contribution in [0.3, 0.4) is 0 Å². The van der Waals surface area contributed by atoms with Crippen LogP contribution in [0.5, 0.6) is 0 Å². The fraction of sp³-hybridized carbons (Fsp3) is 0.696. The fourth-order valence-electron chi connectivity index (χ4n) is 4.91. The van der Waals surface area contributed by atoms with Crippen molar-refractivity contribution < 1.29 is 14.3 Å². The van der Waals surface area contributed by atoms with Gasteiger partial charge < -0.3 is 25.4 Å². The summed E-state index contributed by atoms with van der Waals surface area (Å²) in [4.78, 5) is 14.9. The third kappa shape index (κ3) is 5.94. The Morgan fingerprint density at radius 3 is 2.83 bits per heavy atom. The average molecular weight is 417 g/mol. The molecule has 0 radical (unpaired) electrons. The summed E-state index contributed by atoms with van der Waals surface area (Å²) in [6.07, 6.45) is 3.21. The number of hydrogen-bond donors (Lipinski definition) is 3. The summed E-state index contributed by atoms with van der Waals surface area (Å²) >= 11 is 0. The van der Waals surface area contributed by atoms with Crippen molar-refractivity contribution in [1.29, 1.82) is 0 Å². The van der Waals surface area contributed by atoms with E-state index >= 15 is 0 Å². The molecule has 0 bridgehead atoms. The number of nitrogens with one attached hydrogen (secondary N) is 3. The molecule has 2 unspecified atom stereocenters. The summed E-state index contributed by atoms with van der Waals surface area (Å²) in [6, 6.07) is 8.77. The van der Waals surface area contributed by atoms with Gasteiger partial charge in [0, 0.05) is 58.5 Å².